The summed E-state index contributed by atoms with van der Waals surface area (Å²) in [5, 5.41) is 0.859. The number of ether oxygens (including phenoxy) is 2. The van der Waals surface area contributed by atoms with Crippen molar-refractivity contribution in [2.75, 3.05) is 6.61 Å². The number of fused-ring (bicyclic) bond motifs is 5. The highest BCUT2D eigenvalue weighted by Crippen LogP contribution is 2.47. The van der Waals surface area contributed by atoms with Gasteiger partial charge in [0.2, 0.25) is 0 Å². The highest BCUT2D eigenvalue weighted by molar-refractivity contribution is 6.07. The Kier molecular flexibility index (Phi) is 4.22. The van der Waals surface area contributed by atoms with Gasteiger partial charge in [0, 0.05) is 0 Å². The standard InChI is InChI=1S/C20H24N2O5/c1-20(2,3)11-4-6-12(7-5-11)26-10-15(23)21-22-18(24)16-13-8-9-14(27-13)17(16)19(22)25/h4-7,13-14,16-17H,8-10H2,1-3H3,(H,21,23)/t13-,14-,16-,17-/m1/s1. The summed E-state index contributed by atoms with van der Waals surface area (Å²) in [7, 11) is 0. The fraction of sp³-hybridized carbons (Fsp3) is 0.550. The van der Waals surface area contributed by atoms with Crippen LogP contribution in [0.3, 0.4) is 0 Å². The third kappa shape index (κ3) is 3.10. The molecule has 0 aliphatic carbocycles. The number of hydrogen-bond acceptors (Lipinski definition) is 5. The highest BCUT2D eigenvalue weighted by atomic mass is 16.5. The van der Waals surface area contributed by atoms with E-state index in [9.17, 15) is 14.4 Å². The molecule has 3 heterocycles. The summed E-state index contributed by atoms with van der Waals surface area (Å²) in [6.45, 7) is 6.08. The van der Waals surface area contributed by atoms with Gasteiger partial charge in [0.05, 0.1) is 24.0 Å². The second-order valence-corrected chi connectivity index (χ2v) is 8.45. The molecule has 7 nitrogen and oxygen atoms in total. The van der Waals surface area contributed by atoms with E-state index in [0.29, 0.717) is 5.75 Å². The summed E-state index contributed by atoms with van der Waals surface area (Å²) < 4.78 is 11.1. The molecule has 0 spiro atoms. The summed E-state index contributed by atoms with van der Waals surface area (Å²) in [5.74, 6) is -1.64. The van der Waals surface area contributed by atoms with Gasteiger partial charge in [0.25, 0.3) is 17.7 Å². The van der Waals surface area contributed by atoms with Crippen LogP contribution in [0.5, 0.6) is 5.75 Å². The molecule has 7 heteroatoms. The molecule has 2 bridgehead atoms. The van der Waals surface area contributed by atoms with Gasteiger partial charge in [-0.1, -0.05) is 32.9 Å². The number of carbonyl (C=O) groups excluding carboxylic acids is 3. The van der Waals surface area contributed by atoms with Crippen LogP contribution in [-0.4, -0.2) is 41.5 Å². The maximum absolute atomic E-state index is 12.5. The van der Waals surface area contributed by atoms with Crippen molar-refractivity contribution >= 4 is 17.7 Å². The first-order valence-electron chi connectivity index (χ1n) is 9.32. The number of hydrogen-bond donors (Lipinski definition) is 1. The van der Waals surface area contributed by atoms with E-state index in [1.54, 1.807) is 12.1 Å². The minimum atomic E-state index is -0.537. The minimum absolute atomic E-state index is 0.0353. The van der Waals surface area contributed by atoms with Gasteiger partial charge in [-0.3, -0.25) is 19.8 Å². The molecule has 3 aliphatic rings. The summed E-state index contributed by atoms with van der Waals surface area (Å²) in [6.07, 6.45) is 1.19. The molecule has 27 heavy (non-hydrogen) atoms. The number of benzene rings is 1. The maximum Gasteiger partial charge on any atom is 0.276 e. The van der Waals surface area contributed by atoms with Crippen molar-refractivity contribution in [3.05, 3.63) is 29.8 Å². The zero-order valence-corrected chi connectivity index (χ0v) is 15.7. The van der Waals surface area contributed by atoms with Gasteiger partial charge in [-0.05, 0) is 36.0 Å². The molecule has 3 fully saturated rings. The molecule has 4 rings (SSSR count). The largest absolute Gasteiger partial charge is 0.484 e. The molecule has 0 unspecified atom stereocenters. The van der Waals surface area contributed by atoms with E-state index >= 15 is 0 Å². The van der Waals surface area contributed by atoms with Crippen LogP contribution in [0.15, 0.2) is 24.3 Å². The molecule has 0 saturated carbocycles. The lowest BCUT2D eigenvalue weighted by molar-refractivity contribution is -0.151. The van der Waals surface area contributed by atoms with E-state index in [1.807, 2.05) is 12.1 Å². The lowest BCUT2D eigenvalue weighted by Gasteiger charge is -2.19. The van der Waals surface area contributed by atoms with E-state index in [0.717, 1.165) is 23.4 Å². The number of nitrogens with one attached hydrogen (secondary N) is 1. The number of imide groups is 1. The Balaban J connectivity index is 1.33. The van der Waals surface area contributed by atoms with E-state index in [-0.39, 0.29) is 36.0 Å². The molecule has 0 radical (unpaired) electrons. The zero-order chi connectivity index (χ0) is 19.3. The molecule has 4 atom stereocenters. The van der Waals surface area contributed by atoms with Crippen molar-refractivity contribution < 1.29 is 23.9 Å². The molecular formula is C20H24N2O5. The Morgan fingerprint density at radius 1 is 1.11 bits per heavy atom. The van der Waals surface area contributed by atoms with Crippen LogP contribution < -0.4 is 10.2 Å². The Labute approximate surface area is 158 Å². The zero-order valence-electron chi connectivity index (χ0n) is 15.7. The van der Waals surface area contributed by atoms with E-state index in [1.165, 1.54) is 0 Å². The van der Waals surface area contributed by atoms with Crippen molar-refractivity contribution in [1.29, 1.82) is 0 Å². The third-order valence-corrected chi connectivity index (χ3v) is 5.61. The summed E-state index contributed by atoms with van der Waals surface area (Å²) in [6, 6.07) is 7.52. The first-order chi connectivity index (χ1) is 12.8. The first kappa shape index (κ1) is 18.0. The molecule has 144 valence electrons. The third-order valence-electron chi connectivity index (χ3n) is 5.61. The van der Waals surface area contributed by atoms with Crippen molar-refractivity contribution in [3.8, 4) is 5.75 Å². The van der Waals surface area contributed by atoms with Gasteiger partial charge in [-0.2, -0.15) is 5.01 Å². The smallest absolute Gasteiger partial charge is 0.276 e. The van der Waals surface area contributed by atoms with Crippen LogP contribution in [0.25, 0.3) is 0 Å². The molecule has 3 saturated heterocycles. The minimum Gasteiger partial charge on any atom is -0.484 e. The Morgan fingerprint density at radius 2 is 1.67 bits per heavy atom. The maximum atomic E-state index is 12.5. The summed E-state index contributed by atoms with van der Waals surface area (Å²) in [5.41, 5.74) is 3.59. The van der Waals surface area contributed by atoms with E-state index in [2.05, 4.69) is 26.2 Å². The molecule has 3 amide bonds. The van der Waals surface area contributed by atoms with Gasteiger partial charge in [0.1, 0.15) is 5.75 Å². The second-order valence-electron chi connectivity index (χ2n) is 8.45. The molecule has 0 aromatic heterocycles. The van der Waals surface area contributed by atoms with Crippen molar-refractivity contribution in [2.45, 2.75) is 51.2 Å². The molecule has 3 aliphatic heterocycles. The van der Waals surface area contributed by atoms with Crippen LogP contribution in [-0.2, 0) is 24.5 Å². The quantitative estimate of drug-likeness (QED) is 0.811. The number of nitrogens with zero attached hydrogens (tertiary/aromatic N) is 1. The van der Waals surface area contributed by atoms with Crippen LogP contribution in [0, 0.1) is 11.8 Å². The van der Waals surface area contributed by atoms with Crippen molar-refractivity contribution in [3.63, 3.8) is 0 Å². The Morgan fingerprint density at radius 3 is 2.19 bits per heavy atom. The fourth-order valence-corrected chi connectivity index (χ4v) is 4.18. The van der Waals surface area contributed by atoms with Crippen LogP contribution in [0.1, 0.15) is 39.2 Å². The van der Waals surface area contributed by atoms with Gasteiger partial charge in [-0.25, -0.2) is 0 Å². The van der Waals surface area contributed by atoms with Gasteiger partial charge < -0.3 is 9.47 Å². The van der Waals surface area contributed by atoms with Crippen LogP contribution >= 0.6 is 0 Å². The van der Waals surface area contributed by atoms with Gasteiger partial charge >= 0.3 is 0 Å². The molecule has 1 N–H and O–H groups in total. The summed E-state index contributed by atoms with van der Waals surface area (Å²) in [4.78, 5) is 37.2. The fourth-order valence-electron chi connectivity index (χ4n) is 4.18. The van der Waals surface area contributed by atoms with E-state index < -0.39 is 17.7 Å². The van der Waals surface area contributed by atoms with Gasteiger partial charge in [-0.15, -0.1) is 0 Å². The normalized spacial score (nSPS) is 29.2. The topological polar surface area (TPSA) is 84.9 Å². The van der Waals surface area contributed by atoms with Crippen molar-refractivity contribution in [1.82, 2.24) is 10.4 Å². The summed E-state index contributed by atoms with van der Waals surface area (Å²) >= 11 is 0. The number of amides is 3. The van der Waals surface area contributed by atoms with Crippen LogP contribution in [0.2, 0.25) is 0 Å². The van der Waals surface area contributed by atoms with E-state index in [4.69, 9.17) is 9.47 Å². The van der Waals surface area contributed by atoms with Gasteiger partial charge in [0.15, 0.2) is 6.61 Å². The predicted octanol–water partition coefficient (Wildman–Crippen LogP) is 1.56. The Bertz CT molecular complexity index is 755. The number of hydrazine groups is 1. The Hall–Kier alpha value is -2.41. The molecule has 1 aromatic rings. The average Bonchev–Trinajstić information content (AvgIpc) is 3.29. The highest BCUT2D eigenvalue weighted by Gasteiger charge is 2.62. The monoisotopic (exact) mass is 372 g/mol. The number of carbonyl (C=O) groups is 3. The number of rotatable bonds is 4. The first-order valence-corrected chi connectivity index (χ1v) is 9.32. The average molecular weight is 372 g/mol. The van der Waals surface area contributed by atoms with Crippen LogP contribution in [0.4, 0.5) is 0 Å². The molecular weight excluding hydrogens is 348 g/mol. The lowest BCUT2D eigenvalue weighted by atomic mass is 9.81. The molecule has 1 aromatic carbocycles. The van der Waals surface area contributed by atoms with Crippen molar-refractivity contribution in [2.24, 2.45) is 11.8 Å². The second kappa shape index (κ2) is 6.34. The lowest BCUT2D eigenvalue weighted by Crippen LogP contribution is -2.49. The SMILES string of the molecule is CC(C)(C)c1ccc(OCC(=O)NN2C(=O)[C@H]3[C@H](C2=O)[C@H]2CC[C@H]3O2)cc1. The predicted molar refractivity (Wildman–Crippen MR) is 95.5 cm³/mol.